The summed E-state index contributed by atoms with van der Waals surface area (Å²) in [6.45, 7) is 3.81. The summed E-state index contributed by atoms with van der Waals surface area (Å²) in [5.41, 5.74) is 5.38. The highest BCUT2D eigenvalue weighted by Gasteiger charge is 2.07. The van der Waals surface area contributed by atoms with Gasteiger partial charge in [-0.25, -0.2) is 10.1 Å². The van der Waals surface area contributed by atoms with Crippen LogP contribution in [0.1, 0.15) is 17.0 Å². The Kier molecular flexibility index (Phi) is 4.41. The molecular weight excluding hydrogens is 308 g/mol. The molecule has 0 saturated heterocycles. The Morgan fingerprint density at radius 2 is 1.79 bits per heavy atom. The van der Waals surface area contributed by atoms with Crippen LogP contribution in [-0.4, -0.2) is 43.5 Å². The molecule has 9 nitrogen and oxygen atoms in total. The minimum absolute atomic E-state index is 0.199. The van der Waals surface area contributed by atoms with E-state index < -0.39 is 0 Å². The first-order valence-electron chi connectivity index (χ1n) is 7.20. The van der Waals surface area contributed by atoms with E-state index in [1.807, 2.05) is 44.2 Å². The van der Waals surface area contributed by atoms with E-state index in [-0.39, 0.29) is 5.95 Å². The zero-order chi connectivity index (χ0) is 16.9. The van der Waals surface area contributed by atoms with Gasteiger partial charge in [-0.05, 0) is 49.7 Å². The lowest BCUT2D eigenvalue weighted by molar-refractivity contribution is 0.415. The third-order valence-electron chi connectivity index (χ3n) is 3.16. The predicted molar refractivity (Wildman–Crippen MR) is 88.4 cm³/mol. The number of anilines is 1. The highest BCUT2D eigenvalue weighted by Crippen LogP contribution is 2.10. The maximum Gasteiger partial charge on any atom is 0.289 e. The van der Waals surface area contributed by atoms with Gasteiger partial charge in [-0.15, -0.1) is 20.4 Å². The number of rotatable bonds is 5. The van der Waals surface area contributed by atoms with Gasteiger partial charge in [-0.2, -0.15) is 10.2 Å². The quantitative estimate of drug-likeness (QED) is 0.560. The monoisotopic (exact) mass is 324 g/mol. The summed E-state index contributed by atoms with van der Waals surface area (Å²) in [4.78, 5) is 0. The lowest BCUT2D eigenvalue weighted by Crippen LogP contribution is -2.10. The lowest BCUT2D eigenvalue weighted by atomic mass is 10.2. The number of hydrogen-bond acceptors (Lipinski definition) is 8. The van der Waals surface area contributed by atoms with Crippen LogP contribution in [0.5, 0.6) is 5.75 Å². The first kappa shape index (κ1) is 15.5. The molecule has 0 unspecified atom stereocenters. The van der Waals surface area contributed by atoms with Crippen molar-refractivity contribution in [3.63, 3.8) is 0 Å². The summed E-state index contributed by atoms with van der Waals surface area (Å²) in [5, 5.41) is 24.2. The summed E-state index contributed by atoms with van der Waals surface area (Å²) < 4.78 is 6.68. The molecule has 1 N–H and O–H groups in total. The van der Waals surface area contributed by atoms with Crippen molar-refractivity contribution in [3.8, 4) is 11.7 Å². The lowest BCUT2D eigenvalue weighted by Gasteiger charge is -2.01. The van der Waals surface area contributed by atoms with Crippen molar-refractivity contribution < 1.29 is 4.74 Å². The maximum absolute atomic E-state index is 5.10. The zero-order valence-corrected chi connectivity index (χ0v) is 13.5. The Morgan fingerprint density at radius 1 is 1.08 bits per heavy atom. The number of aromatic nitrogens is 6. The minimum Gasteiger partial charge on any atom is -0.497 e. The third kappa shape index (κ3) is 3.51. The number of hydrazone groups is 1. The van der Waals surface area contributed by atoms with Crippen LogP contribution >= 0.6 is 0 Å². The van der Waals surface area contributed by atoms with Gasteiger partial charge in [0.1, 0.15) is 5.75 Å². The topological polar surface area (TPSA) is 103 Å². The van der Waals surface area contributed by atoms with Crippen molar-refractivity contribution in [2.75, 3.05) is 12.5 Å². The van der Waals surface area contributed by atoms with E-state index in [4.69, 9.17) is 4.74 Å². The second-order valence-corrected chi connectivity index (χ2v) is 5.01. The molecule has 9 heteroatoms. The van der Waals surface area contributed by atoms with Gasteiger partial charge in [0.2, 0.25) is 0 Å². The van der Waals surface area contributed by atoms with E-state index in [0.717, 1.165) is 22.7 Å². The molecule has 0 radical (unpaired) electrons. The number of ether oxygens (including phenoxy) is 1. The molecule has 3 aromatic rings. The van der Waals surface area contributed by atoms with E-state index >= 15 is 0 Å². The number of nitrogens with one attached hydrogen (secondary N) is 1. The molecular formula is C15H16N8O. The van der Waals surface area contributed by atoms with Crippen LogP contribution in [0.2, 0.25) is 0 Å². The van der Waals surface area contributed by atoms with Gasteiger partial charge < -0.3 is 4.74 Å². The summed E-state index contributed by atoms with van der Waals surface area (Å²) in [7, 11) is 1.62. The predicted octanol–water partition coefficient (Wildman–Crippen LogP) is 1.52. The first-order chi connectivity index (χ1) is 11.7. The smallest absolute Gasteiger partial charge is 0.289 e. The number of aryl methyl sites for hydroxylation is 2. The molecule has 2 aromatic heterocycles. The normalized spacial score (nSPS) is 11.0. The van der Waals surface area contributed by atoms with Crippen LogP contribution in [0.3, 0.4) is 0 Å². The fourth-order valence-electron chi connectivity index (χ4n) is 2.04. The molecule has 0 aliphatic heterocycles. The third-order valence-corrected chi connectivity index (χ3v) is 3.16. The molecule has 0 aliphatic rings. The highest BCUT2D eigenvalue weighted by atomic mass is 16.5. The number of hydrogen-bond donors (Lipinski definition) is 1. The van der Waals surface area contributed by atoms with Gasteiger partial charge in [0.25, 0.3) is 11.9 Å². The Labute approximate surface area is 138 Å². The first-order valence-corrected chi connectivity index (χ1v) is 7.20. The van der Waals surface area contributed by atoms with Crippen LogP contribution < -0.4 is 10.2 Å². The average molecular weight is 324 g/mol. The van der Waals surface area contributed by atoms with Gasteiger partial charge in [0, 0.05) is 5.69 Å². The van der Waals surface area contributed by atoms with Gasteiger partial charge in [-0.1, -0.05) is 0 Å². The van der Waals surface area contributed by atoms with E-state index in [0.29, 0.717) is 5.95 Å². The molecule has 0 bridgehead atoms. The van der Waals surface area contributed by atoms with Crippen molar-refractivity contribution in [1.29, 1.82) is 0 Å². The maximum atomic E-state index is 5.10. The molecule has 0 atom stereocenters. The van der Waals surface area contributed by atoms with E-state index in [9.17, 15) is 0 Å². The fraction of sp³-hybridized carbons (Fsp3) is 0.200. The Balaban J connectivity index is 1.65. The molecule has 0 aliphatic carbocycles. The largest absolute Gasteiger partial charge is 0.497 e. The van der Waals surface area contributed by atoms with Crippen LogP contribution in [0.15, 0.2) is 35.4 Å². The van der Waals surface area contributed by atoms with Crippen molar-refractivity contribution in [2.24, 2.45) is 5.10 Å². The SMILES string of the molecule is COc1ccc(/C=N/Nc2nnc(-n3nc(C)cc3C)nn2)cc1. The van der Waals surface area contributed by atoms with Crippen molar-refractivity contribution >= 4 is 12.2 Å². The Bertz CT molecular complexity index is 839. The van der Waals surface area contributed by atoms with E-state index in [1.165, 1.54) is 0 Å². The van der Waals surface area contributed by atoms with Crippen LogP contribution in [0.25, 0.3) is 5.95 Å². The zero-order valence-electron chi connectivity index (χ0n) is 13.5. The van der Waals surface area contributed by atoms with Crippen LogP contribution in [0, 0.1) is 13.8 Å². The molecule has 0 saturated carbocycles. The molecule has 3 rings (SSSR count). The van der Waals surface area contributed by atoms with Gasteiger partial charge in [-0.3, -0.25) is 0 Å². The number of methoxy groups -OCH3 is 1. The number of benzene rings is 1. The van der Waals surface area contributed by atoms with Crippen LogP contribution in [0.4, 0.5) is 5.95 Å². The molecule has 0 fully saturated rings. The Morgan fingerprint density at radius 3 is 2.38 bits per heavy atom. The summed E-state index contributed by atoms with van der Waals surface area (Å²) in [6, 6.07) is 9.39. The van der Waals surface area contributed by atoms with Crippen LogP contribution in [-0.2, 0) is 0 Å². The summed E-state index contributed by atoms with van der Waals surface area (Å²) >= 11 is 0. The Hall–Kier alpha value is -3.36. The summed E-state index contributed by atoms with van der Waals surface area (Å²) in [6.07, 6.45) is 1.64. The molecule has 122 valence electrons. The second kappa shape index (κ2) is 6.82. The average Bonchev–Trinajstić information content (AvgIpc) is 2.94. The van der Waals surface area contributed by atoms with Crippen molar-refractivity contribution in [2.45, 2.75) is 13.8 Å². The molecule has 0 spiro atoms. The standard InChI is InChI=1S/C15H16N8O/c1-10-8-11(2)23(22-10)15-20-18-14(19-21-15)17-16-9-12-4-6-13(24-3)7-5-12/h4-9H,1-3H3,(H,17,18,19)/b16-9+. The summed E-state index contributed by atoms with van der Waals surface area (Å²) in [5.74, 6) is 1.30. The number of nitrogens with zero attached hydrogens (tertiary/aromatic N) is 7. The second-order valence-electron chi connectivity index (χ2n) is 5.01. The van der Waals surface area contributed by atoms with Crippen molar-refractivity contribution in [3.05, 3.63) is 47.3 Å². The van der Waals surface area contributed by atoms with E-state index in [2.05, 4.69) is 36.0 Å². The highest BCUT2D eigenvalue weighted by molar-refractivity contribution is 5.80. The molecule has 24 heavy (non-hydrogen) atoms. The van der Waals surface area contributed by atoms with Gasteiger partial charge >= 0.3 is 0 Å². The van der Waals surface area contributed by atoms with Gasteiger partial charge in [0.15, 0.2) is 0 Å². The van der Waals surface area contributed by atoms with Gasteiger partial charge in [0.05, 0.1) is 19.0 Å². The van der Waals surface area contributed by atoms with Crippen molar-refractivity contribution in [1.82, 2.24) is 30.2 Å². The molecule has 2 heterocycles. The van der Waals surface area contributed by atoms with E-state index in [1.54, 1.807) is 18.0 Å². The minimum atomic E-state index is 0.199. The molecule has 0 amide bonds. The fourth-order valence-corrected chi connectivity index (χ4v) is 2.04. The molecule has 1 aromatic carbocycles.